The van der Waals surface area contributed by atoms with Crippen LogP contribution in [0.4, 0.5) is 5.69 Å². The van der Waals surface area contributed by atoms with Crippen molar-refractivity contribution >= 4 is 35.6 Å². The van der Waals surface area contributed by atoms with Gasteiger partial charge in [0, 0.05) is 34.0 Å². The van der Waals surface area contributed by atoms with E-state index in [1.54, 1.807) is 18.9 Å². The highest BCUT2D eigenvalue weighted by atomic mass is 32.2. The van der Waals surface area contributed by atoms with Gasteiger partial charge in [0.25, 0.3) is 0 Å². The molecule has 0 aliphatic rings. The third-order valence-electron chi connectivity index (χ3n) is 5.38. The lowest BCUT2D eigenvalue weighted by atomic mass is 10.2. The van der Waals surface area contributed by atoms with Gasteiger partial charge in [-0.3, -0.25) is 14.5 Å². The molecule has 0 radical (unpaired) electrons. The Hall–Kier alpha value is -3.36. The molecule has 0 aliphatic carbocycles. The zero-order chi connectivity index (χ0) is 24.1. The Labute approximate surface area is 208 Å². The molecule has 0 spiro atoms. The van der Waals surface area contributed by atoms with Crippen LogP contribution in [-0.2, 0) is 11.3 Å². The van der Waals surface area contributed by atoms with Gasteiger partial charge in [-0.25, -0.2) is 0 Å². The number of aryl methyl sites for hydroxylation is 2. The summed E-state index contributed by atoms with van der Waals surface area (Å²) in [6.45, 7) is 4.63. The summed E-state index contributed by atoms with van der Waals surface area (Å²) in [7, 11) is 1.63. The number of H-pyrrole nitrogens is 1. The minimum Gasteiger partial charge on any atom is -0.497 e. The lowest BCUT2D eigenvalue weighted by Crippen LogP contribution is -2.15. The number of carbonyl (C=O) groups is 1. The minimum absolute atomic E-state index is 0.0845. The van der Waals surface area contributed by atoms with E-state index in [0.717, 1.165) is 21.9 Å². The zero-order valence-electron chi connectivity index (χ0n) is 19.3. The maximum absolute atomic E-state index is 12.6. The number of amides is 1. The standard InChI is InChI=1S/C26H26N4O2S2/c1-17-4-5-18(2)23(16-17)34-22-12-8-20(9-13-22)27-24(31)14-15-30-25(28-29-26(30)33)19-6-10-21(32-3)11-7-19/h4-13,16H,14-15H2,1-3H3,(H,27,31)(H,29,33). The van der Waals surface area contributed by atoms with Crippen molar-refractivity contribution in [3.63, 3.8) is 0 Å². The number of carbonyl (C=O) groups excluding carboxylic acids is 1. The Morgan fingerprint density at radius 2 is 1.82 bits per heavy atom. The molecule has 0 atom stereocenters. The second-order valence-corrected chi connectivity index (χ2v) is 9.43. The Morgan fingerprint density at radius 1 is 1.09 bits per heavy atom. The molecule has 1 amide bonds. The first kappa shape index (κ1) is 23.8. The summed E-state index contributed by atoms with van der Waals surface area (Å²) >= 11 is 7.10. The van der Waals surface area contributed by atoms with Gasteiger partial charge in [0.05, 0.1) is 7.11 Å². The molecular formula is C26H26N4O2S2. The van der Waals surface area contributed by atoms with Crippen molar-refractivity contribution in [3.8, 4) is 17.1 Å². The van der Waals surface area contributed by atoms with Crippen LogP contribution in [0.5, 0.6) is 5.75 Å². The van der Waals surface area contributed by atoms with E-state index in [2.05, 4.69) is 47.6 Å². The number of hydrogen-bond donors (Lipinski definition) is 2. The molecule has 4 rings (SSSR count). The third-order valence-corrected chi connectivity index (χ3v) is 6.86. The molecule has 4 aromatic rings. The molecule has 174 valence electrons. The molecule has 1 aromatic heterocycles. The fourth-order valence-electron chi connectivity index (χ4n) is 3.47. The number of benzene rings is 3. The molecule has 0 saturated carbocycles. The van der Waals surface area contributed by atoms with Crippen LogP contribution in [0, 0.1) is 18.6 Å². The Kier molecular flexibility index (Phi) is 7.49. The van der Waals surface area contributed by atoms with Crippen molar-refractivity contribution < 1.29 is 9.53 Å². The Bertz CT molecular complexity index is 1340. The summed E-state index contributed by atoms with van der Waals surface area (Å²) in [5.41, 5.74) is 4.15. The van der Waals surface area contributed by atoms with E-state index in [-0.39, 0.29) is 12.3 Å². The predicted molar refractivity (Wildman–Crippen MR) is 139 cm³/mol. The number of rotatable bonds is 8. The largest absolute Gasteiger partial charge is 0.497 e. The van der Waals surface area contributed by atoms with E-state index < -0.39 is 0 Å². The fourth-order valence-corrected chi connectivity index (χ4v) is 4.70. The van der Waals surface area contributed by atoms with Crippen molar-refractivity contribution in [3.05, 3.63) is 82.6 Å². The summed E-state index contributed by atoms with van der Waals surface area (Å²) in [6, 6.07) is 21.9. The van der Waals surface area contributed by atoms with Gasteiger partial charge in [-0.2, -0.15) is 5.10 Å². The van der Waals surface area contributed by atoms with Crippen LogP contribution in [0.2, 0.25) is 0 Å². The van der Waals surface area contributed by atoms with Gasteiger partial charge >= 0.3 is 0 Å². The summed E-state index contributed by atoms with van der Waals surface area (Å²) in [5, 5.41) is 10.1. The van der Waals surface area contributed by atoms with Crippen LogP contribution >= 0.6 is 24.0 Å². The summed E-state index contributed by atoms with van der Waals surface area (Å²) < 4.78 is 7.53. The molecule has 3 aromatic carbocycles. The van der Waals surface area contributed by atoms with Gasteiger partial charge in [0.1, 0.15) is 5.75 Å². The average Bonchev–Trinajstić information content (AvgIpc) is 3.21. The first-order chi connectivity index (χ1) is 16.4. The van der Waals surface area contributed by atoms with Crippen molar-refractivity contribution in [2.45, 2.75) is 36.6 Å². The van der Waals surface area contributed by atoms with Gasteiger partial charge in [0.15, 0.2) is 10.6 Å². The van der Waals surface area contributed by atoms with Crippen LogP contribution in [0.15, 0.2) is 76.5 Å². The van der Waals surface area contributed by atoms with Crippen molar-refractivity contribution in [2.24, 2.45) is 0 Å². The van der Waals surface area contributed by atoms with Crippen molar-refractivity contribution in [1.29, 1.82) is 0 Å². The van der Waals surface area contributed by atoms with Gasteiger partial charge in [0.2, 0.25) is 5.91 Å². The van der Waals surface area contributed by atoms with Gasteiger partial charge in [-0.05, 0) is 91.8 Å². The summed E-state index contributed by atoms with van der Waals surface area (Å²) in [6.07, 6.45) is 0.274. The molecule has 34 heavy (non-hydrogen) atoms. The molecule has 0 aliphatic heterocycles. The number of aromatic nitrogens is 3. The molecule has 2 N–H and O–H groups in total. The van der Waals surface area contributed by atoms with Gasteiger partial charge in [-0.15, -0.1) is 0 Å². The fraction of sp³-hybridized carbons (Fsp3) is 0.192. The van der Waals surface area contributed by atoms with Crippen molar-refractivity contribution in [1.82, 2.24) is 14.8 Å². The number of ether oxygens (including phenoxy) is 1. The zero-order valence-corrected chi connectivity index (χ0v) is 20.9. The predicted octanol–water partition coefficient (Wildman–Crippen LogP) is 6.41. The monoisotopic (exact) mass is 490 g/mol. The molecular weight excluding hydrogens is 464 g/mol. The summed E-state index contributed by atoms with van der Waals surface area (Å²) in [5.74, 6) is 1.37. The number of aromatic amines is 1. The second-order valence-electron chi connectivity index (χ2n) is 7.93. The molecule has 1 heterocycles. The molecule has 8 heteroatoms. The SMILES string of the molecule is COc1ccc(-c2n[nH]c(=S)n2CCC(=O)Nc2ccc(Sc3cc(C)ccc3C)cc2)cc1. The Balaban J connectivity index is 1.37. The second kappa shape index (κ2) is 10.7. The maximum atomic E-state index is 12.6. The topological polar surface area (TPSA) is 71.9 Å². The molecule has 0 saturated heterocycles. The smallest absolute Gasteiger partial charge is 0.226 e. The first-order valence-corrected chi connectivity index (χ1v) is 12.1. The van der Waals surface area contributed by atoms with E-state index in [4.69, 9.17) is 17.0 Å². The van der Waals surface area contributed by atoms with Crippen LogP contribution in [0.3, 0.4) is 0 Å². The lowest BCUT2D eigenvalue weighted by molar-refractivity contribution is -0.116. The average molecular weight is 491 g/mol. The maximum Gasteiger partial charge on any atom is 0.226 e. The molecule has 0 unspecified atom stereocenters. The van der Waals surface area contributed by atoms with E-state index in [9.17, 15) is 4.79 Å². The van der Waals surface area contributed by atoms with E-state index in [1.165, 1.54) is 16.0 Å². The number of hydrogen-bond acceptors (Lipinski definition) is 5. The van der Waals surface area contributed by atoms with Crippen LogP contribution < -0.4 is 10.1 Å². The number of nitrogens with zero attached hydrogens (tertiary/aromatic N) is 2. The third kappa shape index (κ3) is 5.76. The van der Waals surface area contributed by atoms with Crippen LogP contribution in [0.25, 0.3) is 11.4 Å². The first-order valence-electron chi connectivity index (χ1n) is 10.9. The molecule has 0 fully saturated rings. The highest BCUT2D eigenvalue weighted by Crippen LogP contribution is 2.31. The van der Waals surface area contributed by atoms with E-state index in [0.29, 0.717) is 17.1 Å². The van der Waals surface area contributed by atoms with Crippen LogP contribution in [-0.4, -0.2) is 27.8 Å². The van der Waals surface area contributed by atoms with E-state index >= 15 is 0 Å². The highest BCUT2D eigenvalue weighted by molar-refractivity contribution is 7.99. The number of anilines is 1. The van der Waals surface area contributed by atoms with Gasteiger partial charge in [-0.1, -0.05) is 23.9 Å². The number of nitrogens with one attached hydrogen (secondary N) is 2. The highest BCUT2D eigenvalue weighted by Gasteiger charge is 2.11. The van der Waals surface area contributed by atoms with Gasteiger partial charge < -0.3 is 10.1 Å². The quantitative estimate of drug-likeness (QED) is 0.279. The van der Waals surface area contributed by atoms with E-state index in [1.807, 2.05) is 53.1 Å². The number of methoxy groups -OCH3 is 1. The summed E-state index contributed by atoms with van der Waals surface area (Å²) in [4.78, 5) is 15.0. The minimum atomic E-state index is -0.0845. The molecule has 6 nitrogen and oxygen atoms in total. The van der Waals surface area contributed by atoms with Crippen molar-refractivity contribution in [2.75, 3.05) is 12.4 Å². The molecule has 0 bridgehead atoms. The van der Waals surface area contributed by atoms with Crippen LogP contribution in [0.1, 0.15) is 17.5 Å². The normalized spacial score (nSPS) is 10.8. The lowest BCUT2D eigenvalue weighted by Gasteiger charge is -2.10. The Morgan fingerprint density at radius 3 is 2.53 bits per heavy atom.